The minimum Gasteiger partial charge on any atom is -0.478 e. The van der Waals surface area contributed by atoms with E-state index >= 15 is 0 Å². The predicted octanol–water partition coefficient (Wildman–Crippen LogP) is 2.55. The molecule has 0 amide bonds. The van der Waals surface area contributed by atoms with Crippen molar-refractivity contribution >= 4 is 31.8 Å². The number of rotatable bonds is 10. The average molecular weight is 334 g/mol. The van der Waals surface area contributed by atoms with Gasteiger partial charge in [-0.15, -0.1) is 6.58 Å². The van der Waals surface area contributed by atoms with Crippen molar-refractivity contribution in [3.63, 3.8) is 0 Å². The van der Waals surface area contributed by atoms with Crippen molar-refractivity contribution in [1.29, 1.82) is 0 Å². The van der Waals surface area contributed by atoms with E-state index in [1.54, 1.807) is 0 Å². The van der Waals surface area contributed by atoms with E-state index in [2.05, 4.69) is 43.3 Å². The quantitative estimate of drug-likeness (QED) is 0.246. The van der Waals surface area contributed by atoms with Crippen LogP contribution in [-0.4, -0.2) is 54.8 Å². The smallest absolute Gasteiger partial charge is 0.328 e. The minimum absolute atomic E-state index is 0.558. The Bertz CT molecular complexity index is 324. The predicted molar refractivity (Wildman–Crippen MR) is 93.0 cm³/mol. The topological polar surface area (TPSA) is 86.6 Å². The van der Waals surface area contributed by atoms with E-state index in [4.69, 9.17) is 10.2 Å². The summed E-state index contributed by atoms with van der Waals surface area (Å²) in [4.78, 5) is 19.1. The molecule has 0 aliphatic carbocycles. The summed E-state index contributed by atoms with van der Waals surface area (Å²) in [6.45, 7) is 13.0. The maximum absolute atomic E-state index is 9.55. The fraction of sp³-hybridized carbons (Fsp3) is 0.571. The molecule has 0 rings (SSSR count). The van der Waals surface area contributed by atoms with Crippen LogP contribution >= 0.6 is 11.8 Å². The summed E-state index contributed by atoms with van der Waals surface area (Å²) >= 11 is 2.07. The third-order valence-corrected chi connectivity index (χ3v) is 5.17. The van der Waals surface area contributed by atoms with Crippen LogP contribution in [0.1, 0.15) is 0 Å². The van der Waals surface area contributed by atoms with Crippen molar-refractivity contribution in [3.05, 3.63) is 24.8 Å². The molecular formula is C14H27NO4SSi. The third-order valence-electron chi connectivity index (χ3n) is 2.08. The summed E-state index contributed by atoms with van der Waals surface area (Å²) < 4.78 is 0. The summed E-state index contributed by atoms with van der Waals surface area (Å²) in [6, 6.07) is 1.44. The van der Waals surface area contributed by atoms with Gasteiger partial charge >= 0.3 is 11.9 Å². The Labute approximate surface area is 132 Å². The Morgan fingerprint density at radius 1 is 1.14 bits per heavy atom. The fourth-order valence-electron chi connectivity index (χ4n) is 0.971. The van der Waals surface area contributed by atoms with E-state index in [0.29, 0.717) is 12.2 Å². The molecule has 0 aromatic rings. The van der Waals surface area contributed by atoms with E-state index in [1.807, 2.05) is 6.08 Å². The second kappa shape index (κ2) is 13.9. The van der Waals surface area contributed by atoms with Crippen LogP contribution in [0, 0.1) is 0 Å². The molecule has 0 aromatic carbocycles. The number of hydrogen-bond acceptors (Lipinski definition) is 4. The second-order valence-electron chi connectivity index (χ2n) is 5.43. The molecule has 0 heterocycles. The van der Waals surface area contributed by atoms with Gasteiger partial charge in [0, 0.05) is 39.1 Å². The molecule has 0 aliphatic heterocycles. The van der Waals surface area contributed by atoms with Gasteiger partial charge in [0.25, 0.3) is 0 Å². The zero-order chi connectivity index (χ0) is 16.7. The Morgan fingerprint density at radius 2 is 1.67 bits per heavy atom. The molecule has 5 nitrogen and oxygen atoms in total. The number of thioether (sulfide) groups is 1. The molecule has 0 saturated carbocycles. The monoisotopic (exact) mass is 333 g/mol. The first-order valence-electron chi connectivity index (χ1n) is 6.72. The minimum atomic E-state index is -1.26. The molecule has 7 heteroatoms. The van der Waals surface area contributed by atoms with Crippen molar-refractivity contribution < 1.29 is 19.8 Å². The van der Waals surface area contributed by atoms with Gasteiger partial charge in [-0.2, -0.15) is 11.8 Å². The van der Waals surface area contributed by atoms with Crippen molar-refractivity contribution in [2.75, 3.05) is 24.6 Å². The lowest BCUT2D eigenvalue weighted by atomic mass is 10.5. The van der Waals surface area contributed by atoms with Crippen LogP contribution in [0.25, 0.3) is 0 Å². The molecule has 0 atom stereocenters. The zero-order valence-corrected chi connectivity index (χ0v) is 14.9. The molecule has 0 radical (unpaired) electrons. The van der Waals surface area contributed by atoms with Crippen molar-refractivity contribution in [1.82, 2.24) is 5.32 Å². The van der Waals surface area contributed by atoms with E-state index in [-0.39, 0.29) is 0 Å². The lowest BCUT2D eigenvalue weighted by Gasteiger charge is -2.14. The normalized spacial score (nSPS) is 10.8. The second-order valence-corrected chi connectivity index (χ2v) is 12.3. The van der Waals surface area contributed by atoms with Crippen LogP contribution in [0.3, 0.4) is 0 Å². The van der Waals surface area contributed by atoms with Crippen LogP contribution in [-0.2, 0) is 9.59 Å². The van der Waals surface area contributed by atoms with Gasteiger partial charge in [0.2, 0.25) is 0 Å². The molecule has 0 bridgehead atoms. The Balaban J connectivity index is 0. The Kier molecular flexibility index (Phi) is 14.7. The van der Waals surface area contributed by atoms with Crippen LogP contribution in [0.5, 0.6) is 0 Å². The first-order chi connectivity index (χ1) is 9.69. The lowest BCUT2D eigenvalue weighted by molar-refractivity contribution is -0.134. The summed E-state index contributed by atoms with van der Waals surface area (Å²) in [6.07, 6.45) is 3.03. The summed E-state index contributed by atoms with van der Waals surface area (Å²) in [5.41, 5.74) is 0. The molecule has 0 fully saturated rings. The van der Waals surface area contributed by atoms with Crippen molar-refractivity contribution in [3.8, 4) is 0 Å². The van der Waals surface area contributed by atoms with Crippen LogP contribution in [0.15, 0.2) is 24.8 Å². The van der Waals surface area contributed by atoms with Crippen LogP contribution in [0.2, 0.25) is 25.7 Å². The fourth-order valence-corrected chi connectivity index (χ4v) is 4.49. The SMILES string of the molecule is C=CCNCCSCC[Si](C)(C)C.O=C(O)/C=C\C(=O)O. The molecule has 0 unspecified atom stereocenters. The zero-order valence-electron chi connectivity index (χ0n) is 13.1. The number of carboxylic acids is 2. The van der Waals surface area contributed by atoms with Crippen LogP contribution < -0.4 is 5.32 Å². The number of nitrogens with one attached hydrogen (secondary N) is 1. The van der Waals surface area contributed by atoms with E-state index < -0.39 is 20.0 Å². The summed E-state index contributed by atoms with van der Waals surface area (Å²) in [7, 11) is -0.790. The van der Waals surface area contributed by atoms with E-state index in [0.717, 1.165) is 13.1 Å². The van der Waals surface area contributed by atoms with Crippen molar-refractivity contribution in [2.45, 2.75) is 25.7 Å². The standard InChI is InChI=1S/C10H23NSSi.C4H4O4/c1-5-6-11-7-8-12-9-10-13(2,3)4;5-3(6)1-2-4(7)8/h5,11H,1,6-10H2,2-4H3;1-2H,(H,5,6)(H,7,8)/b;2-1-. The van der Waals surface area contributed by atoms with Gasteiger partial charge in [0.1, 0.15) is 0 Å². The summed E-state index contributed by atoms with van der Waals surface area (Å²) in [5, 5.41) is 18.9. The molecule has 0 aliphatic rings. The first kappa shape index (κ1) is 22.2. The molecule has 3 N–H and O–H groups in total. The Morgan fingerprint density at radius 3 is 2.05 bits per heavy atom. The molecule has 0 saturated heterocycles. The van der Waals surface area contributed by atoms with Gasteiger partial charge in [0.05, 0.1) is 0 Å². The van der Waals surface area contributed by atoms with E-state index in [9.17, 15) is 9.59 Å². The highest BCUT2D eigenvalue weighted by Crippen LogP contribution is 2.12. The highest BCUT2D eigenvalue weighted by Gasteiger charge is 2.11. The number of hydrogen-bond donors (Lipinski definition) is 3. The van der Waals surface area contributed by atoms with Crippen LogP contribution in [0.4, 0.5) is 0 Å². The molecule has 21 heavy (non-hydrogen) atoms. The molecular weight excluding hydrogens is 306 g/mol. The number of carboxylic acid groups (broad SMARTS) is 2. The van der Waals surface area contributed by atoms with Gasteiger partial charge in [-0.25, -0.2) is 9.59 Å². The highest BCUT2D eigenvalue weighted by molar-refractivity contribution is 7.99. The maximum Gasteiger partial charge on any atom is 0.328 e. The number of carbonyl (C=O) groups is 2. The lowest BCUT2D eigenvalue weighted by Crippen LogP contribution is -2.21. The summed E-state index contributed by atoms with van der Waals surface area (Å²) in [5.74, 6) is 0.0592. The largest absolute Gasteiger partial charge is 0.478 e. The first-order valence-corrected chi connectivity index (χ1v) is 11.6. The third kappa shape index (κ3) is 28.0. The highest BCUT2D eigenvalue weighted by atomic mass is 32.2. The average Bonchev–Trinajstić information content (AvgIpc) is 2.35. The van der Waals surface area contributed by atoms with Gasteiger partial charge < -0.3 is 15.5 Å². The van der Waals surface area contributed by atoms with Crippen molar-refractivity contribution in [2.24, 2.45) is 0 Å². The van der Waals surface area contributed by atoms with Gasteiger partial charge in [-0.3, -0.25) is 0 Å². The molecule has 0 aromatic heterocycles. The maximum atomic E-state index is 9.55. The number of aliphatic carboxylic acids is 2. The van der Waals surface area contributed by atoms with E-state index in [1.165, 1.54) is 17.5 Å². The molecule has 122 valence electrons. The molecule has 0 spiro atoms. The Hall–Kier alpha value is -1.05. The van der Waals surface area contributed by atoms with Gasteiger partial charge in [-0.1, -0.05) is 25.7 Å². The van der Waals surface area contributed by atoms with Gasteiger partial charge in [0.15, 0.2) is 0 Å². The van der Waals surface area contributed by atoms with Gasteiger partial charge in [-0.05, 0) is 11.8 Å².